The van der Waals surface area contributed by atoms with E-state index in [9.17, 15) is 0 Å². The molecule has 0 unspecified atom stereocenters. The Balaban J connectivity index is 1.57. The van der Waals surface area contributed by atoms with Gasteiger partial charge in [-0.1, -0.05) is 24.2 Å². The number of nitrogens with two attached hydrogens (primary N) is 1. The lowest BCUT2D eigenvalue weighted by Crippen LogP contribution is -2.17. The number of anilines is 4. The van der Waals surface area contributed by atoms with E-state index >= 15 is 0 Å². The second-order valence-electron chi connectivity index (χ2n) is 6.09. The van der Waals surface area contributed by atoms with Crippen molar-refractivity contribution in [3.63, 3.8) is 0 Å². The van der Waals surface area contributed by atoms with Crippen molar-refractivity contribution in [2.24, 2.45) is 0 Å². The molecule has 1 aliphatic rings. The Labute approximate surface area is 149 Å². The number of aromatic nitrogens is 3. The zero-order chi connectivity index (χ0) is 17.2. The van der Waals surface area contributed by atoms with Gasteiger partial charge in [0.25, 0.3) is 0 Å². The van der Waals surface area contributed by atoms with Gasteiger partial charge in [-0.15, -0.1) is 0 Å². The van der Waals surface area contributed by atoms with E-state index in [-0.39, 0.29) is 0 Å². The molecule has 7 nitrogen and oxygen atoms in total. The summed E-state index contributed by atoms with van der Waals surface area (Å²) in [5, 5.41) is 7.38. The van der Waals surface area contributed by atoms with Crippen LogP contribution >= 0.6 is 11.3 Å². The second-order valence-corrected chi connectivity index (χ2v) is 7.12. The van der Waals surface area contributed by atoms with Crippen LogP contribution in [0.3, 0.4) is 0 Å². The molecule has 0 aliphatic heterocycles. The van der Waals surface area contributed by atoms with Gasteiger partial charge in [0.2, 0.25) is 0 Å². The molecule has 0 amide bonds. The predicted molar refractivity (Wildman–Crippen MR) is 102 cm³/mol. The van der Waals surface area contributed by atoms with Gasteiger partial charge in [0, 0.05) is 6.04 Å². The van der Waals surface area contributed by atoms with Crippen LogP contribution in [0.2, 0.25) is 0 Å². The van der Waals surface area contributed by atoms with E-state index in [0.717, 1.165) is 33.9 Å². The zero-order valence-corrected chi connectivity index (χ0v) is 14.8. The van der Waals surface area contributed by atoms with Gasteiger partial charge in [0.15, 0.2) is 16.8 Å². The third-order valence-corrected chi connectivity index (χ3v) is 5.33. The highest BCUT2D eigenvalue weighted by Gasteiger charge is 2.18. The first kappa shape index (κ1) is 15.9. The van der Waals surface area contributed by atoms with Gasteiger partial charge in [-0.3, -0.25) is 0 Å². The molecule has 0 radical (unpaired) electrons. The molecule has 0 saturated heterocycles. The maximum Gasteiger partial charge on any atom is 0.189 e. The molecule has 1 fully saturated rings. The summed E-state index contributed by atoms with van der Waals surface area (Å²) in [6.07, 6.45) is 6.34. The number of hydrogen-bond donors (Lipinski definition) is 3. The van der Waals surface area contributed by atoms with E-state index < -0.39 is 0 Å². The van der Waals surface area contributed by atoms with E-state index in [1.165, 1.54) is 30.5 Å². The fraction of sp³-hybridized carbons (Fsp3) is 0.353. The Bertz CT molecular complexity index is 890. The smallest absolute Gasteiger partial charge is 0.189 e. The first-order chi connectivity index (χ1) is 12.2. The van der Waals surface area contributed by atoms with E-state index in [2.05, 4.69) is 25.6 Å². The molecular formula is C17H20N6OS. The number of fused-ring (bicyclic) bond motifs is 1. The fourth-order valence-electron chi connectivity index (χ4n) is 3.06. The molecule has 1 aromatic carbocycles. The monoisotopic (exact) mass is 356 g/mol. The number of thiazole rings is 1. The number of nitrogens with zero attached hydrogens (tertiary/aromatic N) is 3. The molecule has 4 N–H and O–H groups in total. The standard InChI is InChI=1S/C17H20N6OS/c1-24-11-6-7-12-13(8-11)25-17(22-12)23-16-14(18)15(19-9-20-16)21-10-4-2-3-5-10/h6-10H,2-5,18H2,1H3,(H2,19,20,21,22,23). The van der Waals surface area contributed by atoms with Crippen molar-refractivity contribution in [2.45, 2.75) is 31.7 Å². The topological polar surface area (TPSA) is 98.0 Å². The SMILES string of the molecule is COc1ccc2nc(Nc3ncnc(NC4CCCC4)c3N)sc2c1. The van der Waals surface area contributed by atoms with Gasteiger partial charge in [0.05, 0.1) is 17.3 Å². The third kappa shape index (κ3) is 3.30. The van der Waals surface area contributed by atoms with Crippen molar-refractivity contribution >= 4 is 44.0 Å². The Kier molecular flexibility index (Phi) is 4.27. The van der Waals surface area contributed by atoms with Crippen LogP contribution < -0.4 is 21.1 Å². The van der Waals surface area contributed by atoms with Gasteiger partial charge >= 0.3 is 0 Å². The van der Waals surface area contributed by atoms with Gasteiger partial charge in [0.1, 0.15) is 17.8 Å². The highest BCUT2D eigenvalue weighted by molar-refractivity contribution is 7.22. The van der Waals surface area contributed by atoms with E-state index in [1.54, 1.807) is 7.11 Å². The Morgan fingerprint density at radius 3 is 2.80 bits per heavy atom. The maximum absolute atomic E-state index is 6.26. The van der Waals surface area contributed by atoms with Crippen molar-refractivity contribution in [2.75, 3.05) is 23.5 Å². The van der Waals surface area contributed by atoms with Gasteiger partial charge in [-0.25, -0.2) is 15.0 Å². The molecule has 2 heterocycles. The molecule has 0 bridgehead atoms. The summed E-state index contributed by atoms with van der Waals surface area (Å²) in [4.78, 5) is 13.1. The summed E-state index contributed by atoms with van der Waals surface area (Å²) < 4.78 is 6.30. The van der Waals surface area contributed by atoms with Crippen LogP contribution in [-0.2, 0) is 0 Å². The van der Waals surface area contributed by atoms with Crippen molar-refractivity contribution in [3.8, 4) is 5.75 Å². The minimum Gasteiger partial charge on any atom is -0.497 e. The van der Waals surface area contributed by atoms with Crippen LogP contribution in [0.15, 0.2) is 24.5 Å². The minimum atomic E-state index is 0.444. The highest BCUT2D eigenvalue weighted by atomic mass is 32.1. The minimum absolute atomic E-state index is 0.444. The van der Waals surface area contributed by atoms with E-state index in [4.69, 9.17) is 10.5 Å². The summed E-state index contributed by atoms with van der Waals surface area (Å²) in [6.45, 7) is 0. The average molecular weight is 356 g/mol. The second kappa shape index (κ2) is 6.72. The lowest BCUT2D eigenvalue weighted by Gasteiger charge is -2.15. The number of ether oxygens (including phenoxy) is 1. The summed E-state index contributed by atoms with van der Waals surface area (Å²) in [7, 11) is 1.65. The summed E-state index contributed by atoms with van der Waals surface area (Å²) in [6, 6.07) is 6.25. The quantitative estimate of drug-likeness (QED) is 0.640. The number of nitrogens with one attached hydrogen (secondary N) is 2. The first-order valence-electron chi connectivity index (χ1n) is 8.31. The lowest BCUT2D eigenvalue weighted by molar-refractivity contribution is 0.415. The molecule has 130 valence electrons. The molecule has 8 heteroatoms. The highest BCUT2D eigenvalue weighted by Crippen LogP contribution is 2.33. The van der Waals surface area contributed by atoms with Crippen LogP contribution in [0, 0.1) is 0 Å². The summed E-state index contributed by atoms with van der Waals surface area (Å²) >= 11 is 1.53. The number of benzene rings is 1. The van der Waals surface area contributed by atoms with Crippen LogP contribution in [0.4, 0.5) is 22.5 Å². The number of hydrogen-bond acceptors (Lipinski definition) is 8. The van der Waals surface area contributed by atoms with Crippen LogP contribution in [0.5, 0.6) is 5.75 Å². The fourth-order valence-corrected chi connectivity index (χ4v) is 3.95. The molecule has 0 spiro atoms. The zero-order valence-electron chi connectivity index (χ0n) is 14.0. The van der Waals surface area contributed by atoms with Gasteiger partial charge < -0.3 is 21.1 Å². The first-order valence-corrected chi connectivity index (χ1v) is 9.13. The lowest BCUT2D eigenvalue weighted by atomic mass is 10.2. The van der Waals surface area contributed by atoms with Crippen molar-refractivity contribution in [3.05, 3.63) is 24.5 Å². The summed E-state index contributed by atoms with van der Waals surface area (Å²) in [5.74, 6) is 2.07. The number of rotatable bonds is 5. The van der Waals surface area contributed by atoms with Gasteiger partial charge in [-0.2, -0.15) is 0 Å². The van der Waals surface area contributed by atoms with Crippen molar-refractivity contribution in [1.29, 1.82) is 0 Å². The number of nitrogen functional groups attached to an aromatic ring is 1. The van der Waals surface area contributed by atoms with Crippen molar-refractivity contribution in [1.82, 2.24) is 15.0 Å². The Morgan fingerprint density at radius 1 is 1.20 bits per heavy atom. The number of methoxy groups -OCH3 is 1. The normalized spacial score (nSPS) is 14.8. The van der Waals surface area contributed by atoms with Crippen molar-refractivity contribution < 1.29 is 4.74 Å². The van der Waals surface area contributed by atoms with Crippen LogP contribution in [-0.4, -0.2) is 28.1 Å². The van der Waals surface area contributed by atoms with Crippen LogP contribution in [0.25, 0.3) is 10.2 Å². The predicted octanol–water partition coefficient (Wildman–Crippen LogP) is 3.78. The molecule has 0 atom stereocenters. The van der Waals surface area contributed by atoms with Crippen LogP contribution in [0.1, 0.15) is 25.7 Å². The molecule has 2 aromatic heterocycles. The third-order valence-electron chi connectivity index (χ3n) is 4.40. The maximum atomic E-state index is 6.26. The molecule has 1 saturated carbocycles. The Hall–Kier alpha value is -2.61. The summed E-state index contributed by atoms with van der Waals surface area (Å²) in [5.41, 5.74) is 7.68. The van der Waals surface area contributed by atoms with Gasteiger partial charge in [-0.05, 0) is 31.0 Å². The van der Waals surface area contributed by atoms with E-state index in [1.807, 2.05) is 18.2 Å². The molecule has 25 heavy (non-hydrogen) atoms. The largest absolute Gasteiger partial charge is 0.497 e. The average Bonchev–Trinajstić information content (AvgIpc) is 3.26. The molecule has 4 rings (SSSR count). The molecule has 1 aliphatic carbocycles. The Morgan fingerprint density at radius 2 is 2.00 bits per heavy atom. The molecular weight excluding hydrogens is 336 g/mol. The molecule has 3 aromatic rings. The van der Waals surface area contributed by atoms with E-state index in [0.29, 0.717) is 23.4 Å².